The van der Waals surface area contributed by atoms with E-state index in [9.17, 15) is 13.6 Å². The molecule has 0 fully saturated rings. The van der Waals surface area contributed by atoms with Crippen molar-refractivity contribution >= 4 is 12.0 Å². The number of aliphatic imine (C=N–C) groups is 1. The number of hydrogen-bond donors (Lipinski definition) is 1. The maximum absolute atomic E-state index is 13.0. The van der Waals surface area contributed by atoms with Crippen LogP contribution in [0.5, 0.6) is 0 Å². The summed E-state index contributed by atoms with van der Waals surface area (Å²) in [5, 5.41) is 8.43. The van der Waals surface area contributed by atoms with E-state index in [1.165, 1.54) is 0 Å². The Morgan fingerprint density at radius 2 is 2.21 bits per heavy atom. The van der Waals surface area contributed by atoms with E-state index in [2.05, 4.69) is 4.99 Å². The summed E-state index contributed by atoms with van der Waals surface area (Å²) in [6.45, 7) is -0.649. The highest BCUT2D eigenvalue weighted by Gasteiger charge is 2.09. The lowest BCUT2D eigenvalue weighted by Crippen LogP contribution is -2.07. The second-order valence-corrected chi connectivity index (χ2v) is 2.43. The van der Waals surface area contributed by atoms with Crippen LogP contribution in [0.1, 0.15) is 5.56 Å². The first kappa shape index (κ1) is 10.5. The van der Waals surface area contributed by atoms with Crippen LogP contribution in [0.2, 0.25) is 0 Å². The number of rotatable bonds is 3. The Hall–Kier alpha value is -1.62. The molecule has 0 aromatic heterocycles. The lowest BCUT2D eigenvalue weighted by Gasteiger charge is -2.00. The number of aldehydes is 1. The maximum atomic E-state index is 13.0. The highest BCUT2D eigenvalue weighted by molar-refractivity contribution is 6.36. The molecule has 0 spiro atoms. The van der Waals surface area contributed by atoms with Gasteiger partial charge in [0, 0.05) is 5.56 Å². The fourth-order valence-corrected chi connectivity index (χ4v) is 0.956. The molecular formula is C9H7F2NO2. The summed E-state index contributed by atoms with van der Waals surface area (Å²) in [5.41, 5.74) is -0.571. The monoisotopic (exact) mass is 199 g/mol. The van der Waals surface area contributed by atoms with Crippen LogP contribution in [-0.2, 0) is 4.79 Å². The van der Waals surface area contributed by atoms with Crippen LogP contribution in [0.4, 0.5) is 8.78 Å². The van der Waals surface area contributed by atoms with Gasteiger partial charge in [-0.1, -0.05) is 0 Å². The standard InChI is InChI=1S/C9H7F2NO2/c10-6-1-2-8(11)7(3-6)9(4-13)12-5-14/h1-4,14H,5H2. The molecule has 0 aliphatic rings. The zero-order chi connectivity index (χ0) is 10.6. The normalized spacial score (nSPS) is 11.5. The molecular weight excluding hydrogens is 192 g/mol. The van der Waals surface area contributed by atoms with Gasteiger partial charge in [-0.15, -0.1) is 0 Å². The Labute approximate surface area is 78.7 Å². The molecule has 74 valence electrons. The topological polar surface area (TPSA) is 49.7 Å². The first-order valence-electron chi connectivity index (χ1n) is 3.75. The van der Waals surface area contributed by atoms with Crippen molar-refractivity contribution in [3.8, 4) is 0 Å². The van der Waals surface area contributed by atoms with Gasteiger partial charge in [0.1, 0.15) is 24.1 Å². The molecule has 0 atom stereocenters. The lowest BCUT2D eigenvalue weighted by atomic mass is 10.1. The van der Waals surface area contributed by atoms with Gasteiger partial charge < -0.3 is 5.11 Å². The Kier molecular flexibility index (Phi) is 3.41. The molecule has 0 saturated carbocycles. The molecule has 3 nitrogen and oxygen atoms in total. The molecule has 1 rings (SSSR count). The molecule has 5 heteroatoms. The van der Waals surface area contributed by atoms with E-state index in [0.717, 1.165) is 18.2 Å². The van der Waals surface area contributed by atoms with Crippen LogP contribution >= 0.6 is 0 Å². The van der Waals surface area contributed by atoms with E-state index >= 15 is 0 Å². The van der Waals surface area contributed by atoms with Crippen molar-refractivity contribution in [1.82, 2.24) is 0 Å². The molecule has 0 aliphatic carbocycles. The van der Waals surface area contributed by atoms with Gasteiger partial charge in [-0.2, -0.15) is 0 Å². The zero-order valence-corrected chi connectivity index (χ0v) is 7.08. The van der Waals surface area contributed by atoms with Crippen molar-refractivity contribution in [3.63, 3.8) is 0 Å². The number of carbonyl (C=O) groups excluding carboxylic acids is 1. The van der Waals surface area contributed by atoms with E-state index in [-0.39, 0.29) is 17.6 Å². The summed E-state index contributed by atoms with van der Waals surface area (Å²) in [7, 11) is 0. The summed E-state index contributed by atoms with van der Waals surface area (Å²) in [5.74, 6) is -1.43. The van der Waals surface area contributed by atoms with E-state index in [1.54, 1.807) is 0 Å². The average Bonchev–Trinajstić information content (AvgIpc) is 2.18. The Balaban J connectivity index is 3.22. The number of aliphatic hydroxyl groups excluding tert-OH is 1. The van der Waals surface area contributed by atoms with Crippen LogP contribution < -0.4 is 0 Å². The number of aliphatic hydroxyl groups is 1. The zero-order valence-electron chi connectivity index (χ0n) is 7.08. The maximum Gasteiger partial charge on any atom is 0.168 e. The first-order valence-corrected chi connectivity index (χ1v) is 3.75. The number of hydrogen-bond acceptors (Lipinski definition) is 3. The minimum absolute atomic E-state index is 0.256. The van der Waals surface area contributed by atoms with Gasteiger partial charge >= 0.3 is 0 Å². The van der Waals surface area contributed by atoms with Crippen molar-refractivity contribution in [1.29, 1.82) is 0 Å². The molecule has 0 amide bonds. The van der Waals surface area contributed by atoms with Crippen LogP contribution in [-0.4, -0.2) is 23.8 Å². The number of halogens is 2. The highest BCUT2D eigenvalue weighted by atomic mass is 19.1. The summed E-state index contributed by atoms with van der Waals surface area (Å²) in [6, 6.07) is 2.67. The molecule has 1 aromatic rings. The van der Waals surface area contributed by atoms with Gasteiger partial charge in [0.25, 0.3) is 0 Å². The highest BCUT2D eigenvalue weighted by Crippen LogP contribution is 2.10. The second kappa shape index (κ2) is 4.57. The van der Waals surface area contributed by atoms with Crippen molar-refractivity contribution in [2.24, 2.45) is 4.99 Å². The smallest absolute Gasteiger partial charge is 0.168 e. The molecule has 0 saturated heterocycles. The molecule has 14 heavy (non-hydrogen) atoms. The van der Waals surface area contributed by atoms with Crippen molar-refractivity contribution < 1.29 is 18.7 Å². The number of benzene rings is 1. The average molecular weight is 199 g/mol. The fourth-order valence-electron chi connectivity index (χ4n) is 0.956. The lowest BCUT2D eigenvalue weighted by molar-refractivity contribution is -0.102. The van der Waals surface area contributed by atoms with Gasteiger partial charge in [-0.25, -0.2) is 8.78 Å². The molecule has 0 heterocycles. The van der Waals surface area contributed by atoms with Crippen molar-refractivity contribution in [3.05, 3.63) is 35.4 Å². The summed E-state index contributed by atoms with van der Waals surface area (Å²) in [4.78, 5) is 13.7. The predicted octanol–water partition coefficient (Wildman–Crippen LogP) is 0.903. The van der Waals surface area contributed by atoms with Crippen LogP contribution in [0.15, 0.2) is 23.2 Å². The largest absolute Gasteiger partial charge is 0.375 e. The summed E-state index contributed by atoms with van der Waals surface area (Å²) >= 11 is 0. The summed E-state index contributed by atoms with van der Waals surface area (Å²) < 4.78 is 25.7. The fraction of sp³-hybridized carbons (Fsp3) is 0.111. The van der Waals surface area contributed by atoms with Crippen molar-refractivity contribution in [2.75, 3.05) is 6.73 Å². The molecule has 0 aliphatic heterocycles. The Morgan fingerprint density at radius 3 is 2.79 bits per heavy atom. The Morgan fingerprint density at radius 1 is 1.50 bits per heavy atom. The summed E-state index contributed by atoms with van der Waals surface area (Å²) in [6.07, 6.45) is 0.258. The van der Waals surface area contributed by atoms with Crippen molar-refractivity contribution in [2.45, 2.75) is 0 Å². The van der Waals surface area contributed by atoms with Gasteiger partial charge in [0.2, 0.25) is 0 Å². The third-order valence-electron chi connectivity index (χ3n) is 1.56. The van der Waals surface area contributed by atoms with E-state index in [0.29, 0.717) is 0 Å². The van der Waals surface area contributed by atoms with Gasteiger partial charge in [-0.05, 0) is 18.2 Å². The minimum atomic E-state index is -0.759. The molecule has 1 N–H and O–H groups in total. The predicted molar refractivity (Wildman–Crippen MR) is 46.0 cm³/mol. The van der Waals surface area contributed by atoms with E-state index in [4.69, 9.17) is 5.11 Å². The number of nitrogens with zero attached hydrogens (tertiary/aromatic N) is 1. The van der Waals surface area contributed by atoms with Crippen LogP contribution in [0.25, 0.3) is 0 Å². The van der Waals surface area contributed by atoms with E-state index < -0.39 is 18.4 Å². The second-order valence-electron chi connectivity index (χ2n) is 2.43. The molecule has 1 aromatic carbocycles. The van der Waals surface area contributed by atoms with Crippen LogP contribution in [0, 0.1) is 11.6 Å². The molecule has 0 unspecified atom stereocenters. The van der Waals surface area contributed by atoms with Crippen LogP contribution in [0.3, 0.4) is 0 Å². The third-order valence-corrected chi connectivity index (χ3v) is 1.56. The SMILES string of the molecule is O=CC(=NCO)c1cc(F)ccc1F. The molecule has 0 bridgehead atoms. The third kappa shape index (κ3) is 2.20. The van der Waals surface area contributed by atoms with E-state index in [1.807, 2.05) is 0 Å². The quantitative estimate of drug-likeness (QED) is 0.580. The minimum Gasteiger partial charge on any atom is -0.375 e. The van der Waals surface area contributed by atoms with Gasteiger partial charge in [0.05, 0.1) is 0 Å². The van der Waals surface area contributed by atoms with Gasteiger partial charge in [0.15, 0.2) is 6.29 Å². The molecule has 0 radical (unpaired) electrons. The first-order chi connectivity index (χ1) is 6.69. The van der Waals surface area contributed by atoms with Gasteiger partial charge in [-0.3, -0.25) is 9.79 Å². The Bertz CT molecular complexity index is 377. The number of carbonyl (C=O) groups is 1.